The Hall–Kier alpha value is -3.39. The molecule has 5 rings (SSSR count). The Bertz CT molecular complexity index is 1260. The molecule has 32 heavy (non-hydrogen) atoms. The summed E-state index contributed by atoms with van der Waals surface area (Å²) < 4.78 is 34.2. The summed E-state index contributed by atoms with van der Waals surface area (Å²) in [6, 6.07) is 11.8. The Kier molecular flexibility index (Phi) is 5.53. The van der Waals surface area contributed by atoms with Gasteiger partial charge in [-0.2, -0.15) is 5.10 Å². The van der Waals surface area contributed by atoms with Gasteiger partial charge < -0.3 is 4.74 Å². The number of pyridine rings is 1. The van der Waals surface area contributed by atoms with Gasteiger partial charge in [0.25, 0.3) is 0 Å². The lowest BCUT2D eigenvalue weighted by molar-refractivity contribution is 0.197. The molecule has 0 N–H and O–H groups in total. The van der Waals surface area contributed by atoms with Crippen molar-refractivity contribution < 1.29 is 13.5 Å². The highest BCUT2D eigenvalue weighted by molar-refractivity contribution is 5.68. The van der Waals surface area contributed by atoms with Gasteiger partial charge in [0.05, 0.1) is 18.4 Å². The molecule has 0 saturated carbocycles. The van der Waals surface area contributed by atoms with Crippen molar-refractivity contribution in [2.24, 2.45) is 0 Å². The van der Waals surface area contributed by atoms with Gasteiger partial charge in [-0.05, 0) is 55.3 Å². The molecule has 4 heterocycles. The molecule has 0 amide bonds. The molecule has 4 aromatic rings. The molecule has 3 aromatic heterocycles. The number of hydrogen-bond acceptors (Lipinski definition) is 5. The molecule has 1 unspecified atom stereocenters. The number of halogens is 2. The highest BCUT2D eigenvalue weighted by Gasteiger charge is 2.25. The molecule has 0 aliphatic carbocycles. The predicted octanol–water partition coefficient (Wildman–Crippen LogP) is 4.46. The molecule has 0 spiro atoms. The molecule has 6 nitrogen and oxygen atoms in total. The summed E-state index contributed by atoms with van der Waals surface area (Å²) in [5.41, 5.74) is 4.19. The van der Waals surface area contributed by atoms with Crippen LogP contribution in [0.5, 0.6) is 5.88 Å². The second kappa shape index (κ2) is 8.63. The van der Waals surface area contributed by atoms with E-state index in [2.05, 4.69) is 14.9 Å². The van der Waals surface area contributed by atoms with Gasteiger partial charge in [-0.1, -0.05) is 6.07 Å². The second-order valence-electron chi connectivity index (χ2n) is 8.05. The van der Waals surface area contributed by atoms with E-state index < -0.39 is 11.6 Å². The fourth-order valence-corrected chi connectivity index (χ4v) is 4.44. The Morgan fingerprint density at radius 3 is 2.81 bits per heavy atom. The average Bonchev–Trinajstić information content (AvgIpc) is 3.26. The van der Waals surface area contributed by atoms with E-state index in [4.69, 9.17) is 9.84 Å². The highest BCUT2D eigenvalue weighted by atomic mass is 19.2. The third-order valence-corrected chi connectivity index (χ3v) is 5.94. The molecular formula is C24H23F2N5O. The van der Waals surface area contributed by atoms with E-state index in [1.165, 1.54) is 12.1 Å². The van der Waals surface area contributed by atoms with Crippen LogP contribution in [-0.2, 0) is 6.54 Å². The number of rotatable bonds is 5. The molecule has 8 heteroatoms. The Balaban J connectivity index is 1.42. The summed E-state index contributed by atoms with van der Waals surface area (Å²) >= 11 is 0. The number of likely N-dealkylation sites (tertiary alicyclic amines) is 1. The first-order chi connectivity index (χ1) is 15.6. The van der Waals surface area contributed by atoms with Crippen molar-refractivity contribution >= 4 is 5.65 Å². The number of ether oxygens (including phenoxy) is 1. The maximum Gasteiger partial charge on any atom is 0.222 e. The summed E-state index contributed by atoms with van der Waals surface area (Å²) in [5.74, 6) is -0.845. The monoisotopic (exact) mass is 435 g/mol. The molecule has 0 radical (unpaired) electrons. The van der Waals surface area contributed by atoms with E-state index in [1.54, 1.807) is 19.4 Å². The first-order valence-corrected chi connectivity index (χ1v) is 10.6. The molecule has 1 aromatic carbocycles. The van der Waals surface area contributed by atoms with E-state index in [0.29, 0.717) is 12.4 Å². The van der Waals surface area contributed by atoms with Crippen LogP contribution in [0, 0.1) is 11.6 Å². The van der Waals surface area contributed by atoms with Gasteiger partial charge in [-0.15, -0.1) is 0 Å². The topological polar surface area (TPSA) is 55.6 Å². The number of nitrogens with zero attached hydrogens (tertiary/aromatic N) is 5. The number of hydrogen-bond donors (Lipinski definition) is 0. The van der Waals surface area contributed by atoms with Crippen molar-refractivity contribution in [3.8, 4) is 17.1 Å². The van der Waals surface area contributed by atoms with E-state index in [-0.39, 0.29) is 5.92 Å². The molecule has 1 aliphatic heterocycles. The van der Waals surface area contributed by atoms with Gasteiger partial charge in [-0.25, -0.2) is 23.3 Å². The molecule has 1 saturated heterocycles. The van der Waals surface area contributed by atoms with Gasteiger partial charge in [0.15, 0.2) is 17.3 Å². The van der Waals surface area contributed by atoms with Gasteiger partial charge >= 0.3 is 0 Å². The zero-order valence-corrected chi connectivity index (χ0v) is 17.7. The summed E-state index contributed by atoms with van der Waals surface area (Å²) in [7, 11) is 1.59. The largest absolute Gasteiger partial charge is 0.481 e. The third-order valence-electron chi connectivity index (χ3n) is 5.94. The number of piperidine rings is 1. The van der Waals surface area contributed by atoms with E-state index in [1.807, 2.05) is 35.0 Å². The Morgan fingerprint density at radius 1 is 1.06 bits per heavy atom. The minimum absolute atomic E-state index is 0.253. The predicted molar refractivity (Wildman–Crippen MR) is 116 cm³/mol. The van der Waals surface area contributed by atoms with Crippen LogP contribution >= 0.6 is 0 Å². The lowest BCUT2D eigenvalue weighted by atomic mass is 9.94. The first kappa shape index (κ1) is 20.5. The third kappa shape index (κ3) is 3.93. The molecule has 164 valence electrons. The van der Waals surface area contributed by atoms with Crippen molar-refractivity contribution in [2.45, 2.75) is 25.3 Å². The van der Waals surface area contributed by atoms with Crippen LogP contribution in [-0.4, -0.2) is 44.7 Å². The number of methoxy groups -OCH3 is 1. The minimum atomic E-state index is -0.816. The van der Waals surface area contributed by atoms with Gasteiger partial charge in [0.2, 0.25) is 5.88 Å². The fraction of sp³-hybridized carbons (Fsp3) is 0.292. The standard InChI is InChI=1S/C24H23F2N5O/c1-32-24-18(5-2-9-28-24)21-13-23-27-10-8-22(31(23)29-21)17-4-3-11-30(15-17)14-16-6-7-19(25)20(26)12-16/h2,5-10,12-13,17H,3-4,11,14-15H2,1H3. The van der Waals surface area contributed by atoms with Crippen LogP contribution in [0.3, 0.4) is 0 Å². The van der Waals surface area contributed by atoms with Crippen molar-refractivity contribution in [3.05, 3.63) is 77.8 Å². The second-order valence-corrected chi connectivity index (χ2v) is 8.05. The van der Waals surface area contributed by atoms with E-state index >= 15 is 0 Å². The smallest absolute Gasteiger partial charge is 0.222 e. The van der Waals surface area contributed by atoms with Crippen LogP contribution in [0.2, 0.25) is 0 Å². The quantitative estimate of drug-likeness (QED) is 0.463. The SMILES string of the molecule is COc1ncccc1-c1cc2nccc(C3CCCN(Cc4ccc(F)c(F)c4)C3)n2n1. The molecule has 1 atom stereocenters. The normalized spacial score (nSPS) is 17.0. The van der Waals surface area contributed by atoms with Crippen LogP contribution in [0.1, 0.15) is 30.0 Å². The summed E-state index contributed by atoms with van der Waals surface area (Å²) in [5, 5.41) is 4.82. The van der Waals surface area contributed by atoms with Crippen LogP contribution < -0.4 is 4.74 Å². The van der Waals surface area contributed by atoms with Crippen molar-refractivity contribution in [1.82, 2.24) is 24.5 Å². The first-order valence-electron chi connectivity index (χ1n) is 10.6. The molecule has 1 fully saturated rings. The van der Waals surface area contributed by atoms with Crippen LogP contribution in [0.25, 0.3) is 16.9 Å². The van der Waals surface area contributed by atoms with Crippen LogP contribution in [0.15, 0.2) is 54.9 Å². The van der Waals surface area contributed by atoms with E-state index in [0.717, 1.165) is 54.1 Å². The summed E-state index contributed by atoms with van der Waals surface area (Å²) in [4.78, 5) is 11.0. The van der Waals surface area contributed by atoms with Crippen LogP contribution in [0.4, 0.5) is 8.78 Å². The number of fused-ring (bicyclic) bond motifs is 1. The van der Waals surface area contributed by atoms with Crippen molar-refractivity contribution in [1.29, 1.82) is 0 Å². The van der Waals surface area contributed by atoms with Gasteiger partial charge in [-0.3, -0.25) is 4.90 Å². The summed E-state index contributed by atoms with van der Waals surface area (Å²) in [6.45, 7) is 2.31. The lowest BCUT2D eigenvalue weighted by Crippen LogP contribution is -2.34. The fourth-order valence-electron chi connectivity index (χ4n) is 4.44. The number of benzene rings is 1. The van der Waals surface area contributed by atoms with E-state index in [9.17, 15) is 8.78 Å². The number of aromatic nitrogens is 4. The maximum absolute atomic E-state index is 13.6. The zero-order chi connectivity index (χ0) is 22.1. The minimum Gasteiger partial charge on any atom is -0.481 e. The van der Waals surface area contributed by atoms with Crippen molar-refractivity contribution in [2.75, 3.05) is 20.2 Å². The average molecular weight is 435 g/mol. The summed E-state index contributed by atoms with van der Waals surface area (Å²) in [6.07, 6.45) is 5.54. The Labute approximate surface area is 184 Å². The molecule has 1 aliphatic rings. The Morgan fingerprint density at radius 2 is 1.97 bits per heavy atom. The molecule has 0 bridgehead atoms. The highest BCUT2D eigenvalue weighted by Crippen LogP contribution is 2.31. The maximum atomic E-state index is 13.6. The zero-order valence-electron chi connectivity index (χ0n) is 17.7. The lowest BCUT2D eigenvalue weighted by Gasteiger charge is -2.33. The van der Waals surface area contributed by atoms with Gasteiger partial charge in [0.1, 0.15) is 5.69 Å². The van der Waals surface area contributed by atoms with Gasteiger partial charge in [0, 0.05) is 37.5 Å². The molecular weight excluding hydrogens is 412 g/mol. The van der Waals surface area contributed by atoms with Crippen molar-refractivity contribution in [3.63, 3.8) is 0 Å².